The first-order valence-electron chi connectivity index (χ1n) is 9.28. The Hall–Kier alpha value is -2.56. The number of carbonyl (C=O) groups excluding carboxylic acids is 1. The van der Waals surface area contributed by atoms with Gasteiger partial charge in [-0.1, -0.05) is 0 Å². The number of halogens is 1. The highest BCUT2D eigenvalue weighted by Crippen LogP contribution is 2.16. The molecule has 2 heterocycles. The topological polar surface area (TPSA) is 94.6 Å². The minimum absolute atomic E-state index is 0.0410. The predicted octanol–water partition coefficient (Wildman–Crippen LogP) is 1.28. The molecule has 2 N–H and O–H groups in total. The van der Waals surface area contributed by atoms with Crippen molar-refractivity contribution in [1.82, 2.24) is 14.6 Å². The van der Waals surface area contributed by atoms with Crippen LogP contribution in [0.25, 0.3) is 0 Å². The van der Waals surface area contributed by atoms with E-state index in [1.54, 1.807) is 12.3 Å². The molecule has 29 heavy (non-hydrogen) atoms. The van der Waals surface area contributed by atoms with E-state index in [0.29, 0.717) is 5.69 Å². The highest BCUT2D eigenvalue weighted by Gasteiger charge is 2.16. The monoisotopic (exact) mass is 421 g/mol. The first-order valence-corrected chi connectivity index (χ1v) is 10.8. The van der Waals surface area contributed by atoms with E-state index in [1.165, 1.54) is 12.1 Å². The summed E-state index contributed by atoms with van der Waals surface area (Å²) in [5.41, 5.74) is 0.550. The third-order valence-electron chi connectivity index (χ3n) is 4.63. The van der Waals surface area contributed by atoms with E-state index >= 15 is 0 Å². The van der Waals surface area contributed by atoms with Crippen molar-refractivity contribution in [2.75, 3.05) is 50.0 Å². The number of amides is 1. The van der Waals surface area contributed by atoms with Gasteiger partial charge in [-0.25, -0.2) is 22.5 Å². The lowest BCUT2D eigenvalue weighted by Gasteiger charge is -2.33. The zero-order valence-electron chi connectivity index (χ0n) is 16.1. The predicted molar refractivity (Wildman–Crippen MR) is 109 cm³/mol. The molecule has 0 atom stereocenters. The fourth-order valence-corrected chi connectivity index (χ4v) is 3.93. The van der Waals surface area contributed by atoms with Crippen LogP contribution in [0.5, 0.6) is 0 Å². The van der Waals surface area contributed by atoms with E-state index in [4.69, 9.17) is 0 Å². The number of nitrogens with zero attached hydrogens (tertiary/aromatic N) is 3. The molecule has 0 bridgehead atoms. The van der Waals surface area contributed by atoms with Crippen LogP contribution in [0.1, 0.15) is 6.42 Å². The van der Waals surface area contributed by atoms with Crippen LogP contribution in [0.15, 0.2) is 47.5 Å². The minimum atomic E-state index is -3.79. The molecule has 0 saturated carbocycles. The lowest BCUT2D eigenvalue weighted by molar-refractivity contribution is -0.116. The Labute approximate surface area is 169 Å². The molecule has 1 aromatic heterocycles. The van der Waals surface area contributed by atoms with Gasteiger partial charge in [0.15, 0.2) is 0 Å². The summed E-state index contributed by atoms with van der Waals surface area (Å²) in [6.07, 6.45) is 1.55. The Morgan fingerprint density at radius 3 is 2.41 bits per heavy atom. The summed E-state index contributed by atoms with van der Waals surface area (Å²) >= 11 is 0. The molecule has 1 fully saturated rings. The second-order valence-electron chi connectivity index (χ2n) is 6.85. The number of piperazine rings is 1. The number of benzene rings is 1. The van der Waals surface area contributed by atoms with Gasteiger partial charge < -0.3 is 15.1 Å². The van der Waals surface area contributed by atoms with E-state index in [1.807, 2.05) is 6.07 Å². The Bertz CT molecular complexity index is 927. The van der Waals surface area contributed by atoms with Crippen LogP contribution in [0, 0.1) is 5.82 Å². The number of hydrogen-bond acceptors (Lipinski definition) is 6. The fourth-order valence-electron chi connectivity index (χ4n) is 2.90. The Morgan fingerprint density at radius 1 is 1.10 bits per heavy atom. The van der Waals surface area contributed by atoms with E-state index in [2.05, 4.69) is 31.9 Å². The van der Waals surface area contributed by atoms with Crippen molar-refractivity contribution in [2.24, 2.45) is 0 Å². The van der Waals surface area contributed by atoms with Crippen LogP contribution < -0.4 is 14.9 Å². The summed E-state index contributed by atoms with van der Waals surface area (Å²) in [5, 5.41) is 2.70. The maximum atomic E-state index is 12.9. The van der Waals surface area contributed by atoms with Crippen LogP contribution in [-0.4, -0.2) is 64.0 Å². The summed E-state index contributed by atoms with van der Waals surface area (Å²) < 4.78 is 39.5. The number of aromatic nitrogens is 1. The van der Waals surface area contributed by atoms with Crippen LogP contribution in [0.2, 0.25) is 0 Å². The van der Waals surface area contributed by atoms with E-state index in [0.717, 1.165) is 44.1 Å². The van der Waals surface area contributed by atoms with Gasteiger partial charge in [-0.05, 0) is 43.4 Å². The second kappa shape index (κ2) is 9.29. The van der Waals surface area contributed by atoms with Crippen molar-refractivity contribution in [3.63, 3.8) is 0 Å². The van der Waals surface area contributed by atoms with Crippen molar-refractivity contribution >= 4 is 27.4 Å². The van der Waals surface area contributed by atoms with Crippen LogP contribution >= 0.6 is 0 Å². The Balaban J connectivity index is 1.46. The van der Waals surface area contributed by atoms with Crippen molar-refractivity contribution in [3.05, 3.63) is 48.4 Å². The first-order chi connectivity index (χ1) is 13.8. The molecule has 1 aliphatic rings. The normalized spacial score (nSPS) is 15.3. The summed E-state index contributed by atoms with van der Waals surface area (Å²) in [6.45, 7) is 3.70. The maximum absolute atomic E-state index is 12.9. The van der Waals surface area contributed by atoms with Gasteiger partial charge >= 0.3 is 0 Å². The van der Waals surface area contributed by atoms with Gasteiger partial charge in [0.05, 0.1) is 16.8 Å². The highest BCUT2D eigenvalue weighted by molar-refractivity contribution is 7.89. The van der Waals surface area contributed by atoms with E-state index in [9.17, 15) is 17.6 Å². The van der Waals surface area contributed by atoms with Gasteiger partial charge in [0, 0.05) is 39.1 Å². The summed E-state index contributed by atoms with van der Waals surface area (Å²) in [7, 11) is -1.70. The van der Waals surface area contributed by atoms with Crippen LogP contribution in [-0.2, 0) is 14.8 Å². The molecular formula is C19H24FN5O3S. The Kier molecular flexibility index (Phi) is 6.78. The third kappa shape index (κ3) is 5.96. The number of rotatable bonds is 7. The van der Waals surface area contributed by atoms with Gasteiger partial charge in [0.1, 0.15) is 11.6 Å². The number of anilines is 2. The molecule has 0 unspecified atom stereocenters. The molecular weight excluding hydrogens is 397 g/mol. The summed E-state index contributed by atoms with van der Waals surface area (Å²) in [5.74, 6) is 0.0136. The van der Waals surface area contributed by atoms with Gasteiger partial charge in [-0.3, -0.25) is 4.79 Å². The van der Waals surface area contributed by atoms with Crippen molar-refractivity contribution in [3.8, 4) is 0 Å². The van der Waals surface area contributed by atoms with Gasteiger partial charge in [0.25, 0.3) is 0 Å². The fraction of sp³-hybridized carbons (Fsp3) is 0.368. The number of sulfonamides is 1. The van der Waals surface area contributed by atoms with Crippen molar-refractivity contribution < 1.29 is 17.6 Å². The average molecular weight is 421 g/mol. The lowest BCUT2D eigenvalue weighted by atomic mass is 10.3. The molecule has 156 valence electrons. The van der Waals surface area contributed by atoms with Crippen molar-refractivity contribution in [1.29, 1.82) is 0 Å². The molecule has 1 aromatic carbocycles. The van der Waals surface area contributed by atoms with E-state index < -0.39 is 15.8 Å². The quantitative estimate of drug-likeness (QED) is 0.700. The highest BCUT2D eigenvalue weighted by atomic mass is 32.2. The zero-order valence-corrected chi connectivity index (χ0v) is 17.0. The summed E-state index contributed by atoms with van der Waals surface area (Å²) in [6, 6.07) is 8.12. The molecule has 10 heteroatoms. The van der Waals surface area contributed by atoms with Gasteiger partial charge in [-0.15, -0.1) is 0 Å². The molecule has 3 rings (SSSR count). The number of carbonyl (C=O) groups is 1. The molecule has 0 radical (unpaired) electrons. The maximum Gasteiger partial charge on any atom is 0.240 e. The Morgan fingerprint density at radius 2 is 1.79 bits per heavy atom. The molecule has 0 spiro atoms. The van der Waals surface area contributed by atoms with Gasteiger partial charge in [-0.2, -0.15) is 0 Å². The molecule has 8 nitrogen and oxygen atoms in total. The molecule has 1 amide bonds. The molecule has 0 aliphatic carbocycles. The molecule has 2 aromatic rings. The number of likely N-dealkylation sites (N-methyl/N-ethyl adjacent to an activating group) is 1. The third-order valence-corrected chi connectivity index (χ3v) is 6.10. The smallest absolute Gasteiger partial charge is 0.240 e. The molecule has 1 aliphatic heterocycles. The van der Waals surface area contributed by atoms with Crippen molar-refractivity contribution in [2.45, 2.75) is 11.3 Å². The zero-order chi connectivity index (χ0) is 20.9. The number of pyridine rings is 1. The number of hydrogen-bond donors (Lipinski definition) is 2. The largest absolute Gasteiger partial charge is 0.354 e. The minimum Gasteiger partial charge on any atom is -0.354 e. The van der Waals surface area contributed by atoms with E-state index in [-0.39, 0.29) is 23.8 Å². The van der Waals surface area contributed by atoms with Gasteiger partial charge in [0.2, 0.25) is 15.9 Å². The average Bonchev–Trinajstić information content (AvgIpc) is 2.69. The van der Waals surface area contributed by atoms with Crippen LogP contribution in [0.3, 0.4) is 0 Å². The molecule has 1 saturated heterocycles. The lowest BCUT2D eigenvalue weighted by Crippen LogP contribution is -2.44. The SMILES string of the molecule is CN1CCN(c2ccc(NC(=O)CCNS(=O)(=O)c3ccc(F)cc3)cn2)CC1. The standard InChI is InChI=1S/C19H24FN5O3S/c1-24-10-12-25(13-11-24)18-7-4-16(14-21-18)23-19(26)8-9-22-29(27,28)17-5-2-15(20)3-6-17/h2-7,14,22H,8-13H2,1H3,(H,23,26). The summed E-state index contributed by atoms with van der Waals surface area (Å²) in [4.78, 5) is 20.9. The first kappa shape index (κ1) is 21.2. The van der Waals surface area contributed by atoms with Crippen LogP contribution in [0.4, 0.5) is 15.9 Å². The number of nitrogens with one attached hydrogen (secondary N) is 2. The second-order valence-corrected chi connectivity index (χ2v) is 8.61.